The van der Waals surface area contributed by atoms with Gasteiger partial charge in [-0.15, -0.1) is 11.3 Å². The van der Waals surface area contributed by atoms with Crippen LogP contribution in [0.2, 0.25) is 0 Å². The van der Waals surface area contributed by atoms with Crippen LogP contribution in [0.5, 0.6) is 0 Å². The minimum atomic E-state index is -0.943. The van der Waals surface area contributed by atoms with Crippen LogP contribution >= 0.6 is 11.3 Å². The second-order valence-electron chi connectivity index (χ2n) is 6.52. The number of carboxylic acids is 1. The molecule has 7 heteroatoms. The van der Waals surface area contributed by atoms with Gasteiger partial charge in [-0.25, -0.2) is 4.79 Å². The summed E-state index contributed by atoms with van der Waals surface area (Å²) in [5, 5.41) is 11.8. The van der Waals surface area contributed by atoms with Crippen LogP contribution in [0.3, 0.4) is 0 Å². The van der Waals surface area contributed by atoms with Crippen LogP contribution in [-0.2, 0) is 16.1 Å². The molecule has 1 aromatic rings. The highest BCUT2D eigenvalue weighted by molar-refractivity contribution is 7.13. The summed E-state index contributed by atoms with van der Waals surface area (Å²) in [6.07, 6.45) is 4.59. The summed E-state index contributed by atoms with van der Waals surface area (Å²) < 4.78 is 0. The van der Waals surface area contributed by atoms with Gasteiger partial charge in [0.1, 0.15) is 4.88 Å². The maximum Gasteiger partial charge on any atom is 0.345 e. The third-order valence-corrected chi connectivity index (χ3v) is 6.01. The summed E-state index contributed by atoms with van der Waals surface area (Å²) in [7, 11) is 0. The van der Waals surface area contributed by atoms with Crippen molar-refractivity contribution in [1.82, 2.24) is 10.2 Å². The van der Waals surface area contributed by atoms with E-state index >= 15 is 0 Å². The standard InChI is InChI=1S/C17H22N2O4S/c20-15(18-10-13-4-5-14(24-13)17(22)23)11-6-8-19(9-7-11)16(21)12-2-1-3-12/h4-5,11-12H,1-3,6-10H2,(H,18,20)(H,22,23). The summed E-state index contributed by atoms with van der Waals surface area (Å²) >= 11 is 1.18. The minimum absolute atomic E-state index is 0.00369. The zero-order chi connectivity index (χ0) is 17.1. The van der Waals surface area contributed by atoms with Crippen molar-refractivity contribution in [2.75, 3.05) is 13.1 Å². The van der Waals surface area contributed by atoms with E-state index in [1.807, 2.05) is 4.90 Å². The van der Waals surface area contributed by atoms with E-state index in [-0.39, 0.29) is 28.5 Å². The number of hydrogen-bond donors (Lipinski definition) is 2. The third kappa shape index (κ3) is 3.77. The Morgan fingerprint density at radius 3 is 2.38 bits per heavy atom. The molecule has 1 aliphatic heterocycles. The summed E-state index contributed by atoms with van der Waals surface area (Å²) in [5.74, 6) is -0.524. The first-order valence-electron chi connectivity index (χ1n) is 8.43. The number of thiophene rings is 1. The molecule has 6 nitrogen and oxygen atoms in total. The van der Waals surface area contributed by atoms with Crippen molar-refractivity contribution in [2.24, 2.45) is 11.8 Å². The molecule has 1 aliphatic carbocycles. The molecule has 24 heavy (non-hydrogen) atoms. The molecule has 130 valence electrons. The number of piperidine rings is 1. The van der Waals surface area contributed by atoms with Crippen LogP contribution < -0.4 is 5.32 Å². The highest BCUT2D eigenvalue weighted by atomic mass is 32.1. The normalized spacial score (nSPS) is 18.9. The number of amides is 2. The second-order valence-corrected chi connectivity index (χ2v) is 7.68. The van der Waals surface area contributed by atoms with Gasteiger partial charge in [-0.2, -0.15) is 0 Å². The second kappa shape index (κ2) is 7.34. The maximum absolute atomic E-state index is 12.3. The van der Waals surface area contributed by atoms with Crippen molar-refractivity contribution in [3.05, 3.63) is 21.9 Å². The number of hydrogen-bond acceptors (Lipinski definition) is 4. The molecule has 0 spiro atoms. The molecule has 3 rings (SSSR count). The Bertz CT molecular complexity index is 630. The number of aromatic carboxylic acids is 1. The van der Waals surface area contributed by atoms with E-state index in [1.165, 1.54) is 11.3 Å². The van der Waals surface area contributed by atoms with Gasteiger partial charge < -0.3 is 15.3 Å². The van der Waals surface area contributed by atoms with Gasteiger partial charge in [-0.3, -0.25) is 9.59 Å². The molecule has 2 amide bonds. The van der Waals surface area contributed by atoms with Crippen LogP contribution in [0.25, 0.3) is 0 Å². The molecular weight excluding hydrogens is 328 g/mol. The third-order valence-electron chi connectivity index (χ3n) is 4.94. The molecule has 0 atom stereocenters. The number of nitrogens with zero attached hydrogens (tertiary/aromatic N) is 1. The van der Waals surface area contributed by atoms with Crippen molar-refractivity contribution in [3.8, 4) is 0 Å². The SMILES string of the molecule is O=C(O)c1ccc(CNC(=O)C2CCN(C(=O)C3CCC3)CC2)s1. The monoisotopic (exact) mass is 350 g/mol. The summed E-state index contributed by atoms with van der Waals surface area (Å²) in [6, 6.07) is 3.29. The van der Waals surface area contributed by atoms with E-state index < -0.39 is 5.97 Å². The highest BCUT2D eigenvalue weighted by Crippen LogP contribution is 2.30. The van der Waals surface area contributed by atoms with E-state index in [4.69, 9.17) is 5.11 Å². The van der Waals surface area contributed by atoms with Gasteiger partial charge in [-0.1, -0.05) is 6.42 Å². The Hall–Kier alpha value is -1.89. The van der Waals surface area contributed by atoms with Crippen molar-refractivity contribution < 1.29 is 19.5 Å². The van der Waals surface area contributed by atoms with Crippen molar-refractivity contribution >= 4 is 29.1 Å². The fraction of sp³-hybridized carbons (Fsp3) is 0.588. The van der Waals surface area contributed by atoms with E-state index in [0.29, 0.717) is 32.5 Å². The van der Waals surface area contributed by atoms with E-state index in [0.717, 1.165) is 24.1 Å². The topological polar surface area (TPSA) is 86.7 Å². The predicted octanol–water partition coefficient (Wildman–Crippen LogP) is 2.10. The zero-order valence-electron chi connectivity index (χ0n) is 13.5. The van der Waals surface area contributed by atoms with Gasteiger partial charge in [0, 0.05) is 29.8 Å². The summed E-state index contributed by atoms with van der Waals surface area (Å²) in [6.45, 7) is 1.68. The predicted molar refractivity (Wildman–Crippen MR) is 89.8 cm³/mol. The first kappa shape index (κ1) is 17.0. The summed E-state index contributed by atoms with van der Waals surface area (Å²) in [5.41, 5.74) is 0. The molecule has 2 heterocycles. The fourth-order valence-electron chi connectivity index (χ4n) is 3.18. The first-order chi connectivity index (χ1) is 11.5. The fourth-order valence-corrected chi connectivity index (χ4v) is 3.97. The van der Waals surface area contributed by atoms with Gasteiger partial charge in [-0.05, 0) is 37.8 Å². The van der Waals surface area contributed by atoms with E-state index in [9.17, 15) is 14.4 Å². The average Bonchev–Trinajstić information content (AvgIpc) is 3.00. The number of nitrogens with one attached hydrogen (secondary N) is 1. The van der Waals surface area contributed by atoms with Crippen LogP contribution in [0.4, 0.5) is 0 Å². The van der Waals surface area contributed by atoms with E-state index in [2.05, 4.69) is 5.32 Å². The average molecular weight is 350 g/mol. The Morgan fingerprint density at radius 1 is 1.12 bits per heavy atom. The summed E-state index contributed by atoms with van der Waals surface area (Å²) in [4.78, 5) is 38.3. The molecular formula is C17H22N2O4S. The molecule has 0 bridgehead atoms. The molecule has 1 aromatic heterocycles. The maximum atomic E-state index is 12.3. The lowest BCUT2D eigenvalue weighted by Crippen LogP contribution is -2.46. The molecule has 0 unspecified atom stereocenters. The smallest absolute Gasteiger partial charge is 0.345 e. The van der Waals surface area contributed by atoms with Crippen LogP contribution in [0, 0.1) is 11.8 Å². The molecule has 2 N–H and O–H groups in total. The molecule has 0 aromatic carbocycles. The Balaban J connectivity index is 1.43. The zero-order valence-corrected chi connectivity index (χ0v) is 14.3. The van der Waals surface area contributed by atoms with Crippen molar-refractivity contribution in [2.45, 2.75) is 38.6 Å². The van der Waals surface area contributed by atoms with Crippen molar-refractivity contribution in [1.29, 1.82) is 0 Å². The number of carbonyl (C=O) groups excluding carboxylic acids is 2. The molecule has 2 aliphatic rings. The molecule has 0 radical (unpaired) electrons. The van der Waals surface area contributed by atoms with Gasteiger partial charge >= 0.3 is 5.97 Å². The number of rotatable bonds is 5. The van der Waals surface area contributed by atoms with Gasteiger partial charge in [0.2, 0.25) is 11.8 Å². The highest BCUT2D eigenvalue weighted by Gasteiger charge is 2.33. The number of likely N-dealkylation sites (tertiary alicyclic amines) is 1. The quantitative estimate of drug-likeness (QED) is 0.851. The van der Waals surface area contributed by atoms with Gasteiger partial charge in [0.15, 0.2) is 0 Å². The largest absolute Gasteiger partial charge is 0.477 e. The molecule has 2 fully saturated rings. The molecule has 1 saturated carbocycles. The lowest BCUT2D eigenvalue weighted by Gasteiger charge is -2.36. The van der Waals surface area contributed by atoms with Crippen LogP contribution in [0.1, 0.15) is 46.7 Å². The molecule has 1 saturated heterocycles. The Kier molecular flexibility index (Phi) is 5.18. The Labute approximate surface area is 144 Å². The Morgan fingerprint density at radius 2 is 1.83 bits per heavy atom. The number of carbonyl (C=O) groups is 3. The lowest BCUT2D eigenvalue weighted by atomic mass is 9.83. The number of carboxylic acid groups (broad SMARTS) is 1. The van der Waals surface area contributed by atoms with Crippen LogP contribution in [-0.4, -0.2) is 40.9 Å². The van der Waals surface area contributed by atoms with Gasteiger partial charge in [0.25, 0.3) is 0 Å². The van der Waals surface area contributed by atoms with Gasteiger partial charge in [0.05, 0.1) is 6.54 Å². The van der Waals surface area contributed by atoms with Crippen molar-refractivity contribution in [3.63, 3.8) is 0 Å². The van der Waals surface area contributed by atoms with Crippen LogP contribution in [0.15, 0.2) is 12.1 Å². The lowest BCUT2D eigenvalue weighted by molar-refractivity contribution is -0.141. The first-order valence-corrected chi connectivity index (χ1v) is 9.24. The minimum Gasteiger partial charge on any atom is -0.477 e. The van der Waals surface area contributed by atoms with E-state index in [1.54, 1.807) is 12.1 Å².